The van der Waals surface area contributed by atoms with Crippen LogP contribution in [0.2, 0.25) is 0 Å². The first kappa shape index (κ1) is 22.6. The van der Waals surface area contributed by atoms with Crippen LogP contribution in [0.3, 0.4) is 0 Å². The molecule has 9 nitrogen and oxygen atoms in total. The second-order valence-corrected chi connectivity index (χ2v) is 9.11. The van der Waals surface area contributed by atoms with Crippen molar-refractivity contribution < 1.29 is 27.5 Å². The number of sulfonamides is 1. The van der Waals surface area contributed by atoms with E-state index in [1.165, 1.54) is 25.1 Å². The number of hydrogen-bond acceptors (Lipinski definition) is 6. The molecule has 0 aromatic heterocycles. The summed E-state index contributed by atoms with van der Waals surface area (Å²) in [5.74, 6) is -0.191. The van der Waals surface area contributed by atoms with E-state index in [0.29, 0.717) is 36.1 Å². The van der Waals surface area contributed by atoms with E-state index >= 15 is 0 Å². The maximum atomic E-state index is 12.9. The average molecular weight is 448 g/mol. The average Bonchev–Trinajstić information content (AvgIpc) is 2.72. The van der Waals surface area contributed by atoms with Gasteiger partial charge in [-0.1, -0.05) is 13.8 Å². The van der Waals surface area contributed by atoms with Crippen molar-refractivity contribution in [1.82, 2.24) is 4.72 Å². The van der Waals surface area contributed by atoms with Gasteiger partial charge >= 0.3 is 0 Å². The molecule has 166 valence electrons. The van der Waals surface area contributed by atoms with Gasteiger partial charge in [-0.25, -0.2) is 8.42 Å². The van der Waals surface area contributed by atoms with Crippen molar-refractivity contribution in [3.05, 3.63) is 42.5 Å². The van der Waals surface area contributed by atoms with Crippen molar-refractivity contribution in [1.29, 1.82) is 0 Å². The topological polar surface area (TPSA) is 123 Å². The molecule has 2 aromatic rings. The highest BCUT2D eigenvalue weighted by atomic mass is 32.2. The van der Waals surface area contributed by atoms with E-state index < -0.39 is 22.0 Å². The lowest BCUT2D eigenvalue weighted by molar-refractivity contribution is -0.118. The monoisotopic (exact) mass is 447 g/mol. The number of carbonyl (C=O) groups excluding carboxylic acids is 2. The van der Waals surface area contributed by atoms with Crippen LogP contribution in [0.5, 0.6) is 11.5 Å². The third-order valence-corrected chi connectivity index (χ3v) is 5.97. The normalized spacial score (nSPS) is 14.1. The number of fused-ring (bicyclic) bond motifs is 1. The summed E-state index contributed by atoms with van der Waals surface area (Å²) in [7, 11) is -3.99. The van der Waals surface area contributed by atoms with E-state index in [-0.39, 0.29) is 16.7 Å². The number of nitrogens with one attached hydrogen (secondary N) is 3. The van der Waals surface area contributed by atoms with Gasteiger partial charge in [0.2, 0.25) is 21.8 Å². The molecule has 1 aliphatic heterocycles. The van der Waals surface area contributed by atoms with E-state index in [4.69, 9.17) is 9.47 Å². The van der Waals surface area contributed by atoms with Crippen LogP contribution in [0, 0.1) is 5.92 Å². The molecule has 0 bridgehead atoms. The molecular formula is C21H25N3O6S. The Hall–Kier alpha value is -3.11. The van der Waals surface area contributed by atoms with Crippen LogP contribution in [0.4, 0.5) is 11.4 Å². The van der Waals surface area contributed by atoms with Crippen molar-refractivity contribution in [3.63, 3.8) is 0 Å². The predicted octanol–water partition coefficient (Wildman–Crippen LogP) is 2.36. The molecule has 0 fully saturated rings. The minimum Gasteiger partial charge on any atom is -0.486 e. The van der Waals surface area contributed by atoms with E-state index in [1.54, 1.807) is 38.1 Å². The fourth-order valence-electron chi connectivity index (χ4n) is 2.98. The Kier molecular flexibility index (Phi) is 6.81. The summed E-state index contributed by atoms with van der Waals surface area (Å²) in [5, 5.41) is 5.34. The van der Waals surface area contributed by atoms with E-state index in [2.05, 4.69) is 15.4 Å². The standard InChI is InChI=1S/C21H25N3O6S/c1-13(2)20(21(26)23-16-6-4-15(5-7-16)22-14(3)25)24-31(27,28)17-8-9-18-19(12-17)30-11-10-29-18/h4-9,12-13,20,24H,10-11H2,1-3H3,(H,22,25)(H,23,26). The van der Waals surface area contributed by atoms with E-state index in [0.717, 1.165) is 0 Å². The quantitative estimate of drug-likeness (QED) is 0.599. The first-order valence-corrected chi connectivity index (χ1v) is 11.2. The SMILES string of the molecule is CC(=O)Nc1ccc(NC(=O)C(NS(=O)(=O)c2ccc3c(c2)OCCO3)C(C)C)cc1. The summed E-state index contributed by atoms with van der Waals surface area (Å²) < 4.78 is 39.2. The zero-order valence-electron chi connectivity index (χ0n) is 17.5. The number of benzene rings is 2. The molecule has 0 saturated heterocycles. The van der Waals surface area contributed by atoms with Crippen LogP contribution in [-0.2, 0) is 19.6 Å². The van der Waals surface area contributed by atoms with Crippen molar-refractivity contribution in [2.75, 3.05) is 23.8 Å². The molecule has 0 saturated carbocycles. The predicted molar refractivity (Wildman–Crippen MR) is 116 cm³/mol. The minimum atomic E-state index is -3.99. The summed E-state index contributed by atoms with van der Waals surface area (Å²) >= 11 is 0. The Morgan fingerprint density at radius 2 is 1.48 bits per heavy atom. The summed E-state index contributed by atoms with van der Waals surface area (Å²) in [6.07, 6.45) is 0. The lowest BCUT2D eigenvalue weighted by Gasteiger charge is -2.23. The Bertz CT molecular complexity index is 1070. The largest absolute Gasteiger partial charge is 0.486 e. The molecule has 1 heterocycles. The van der Waals surface area contributed by atoms with E-state index in [9.17, 15) is 18.0 Å². The number of rotatable bonds is 7. The Labute approximate surface area is 181 Å². The van der Waals surface area contributed by atoms with Crippen molar-refractivity contribution in [3.8, 4) is 11.5 Å². The van der Waals surface area contributed by atoms with Crippen molar-refractivity contribution in [2.45, 2.75) is 31.7 Å². The lowest BCUT2D eigenvalue weighted by Crippen LogP contribution is -2.47. The molecule has 31 heavy (non-hydrogen) atoms. The Morgan fingerprint density at radius 3 is 2.06 bits per heavy atom. The second kappa shape index (κ2) is 9.36. The van der Waals surface area contributed by atoms with Crippen LogP contribution in [-0.4, -0.2) is 39.5 Å². The van der Waals surface area contributed by atoms with Gasteiger partial charge in [-0.3, -0.25) is 9.59 Å². The van der Waals surface area contributed by atoms with Crippen molar-refractivity contribution in [2.24, 2.45) is 5.92 Å². The molecule has 1 atom stereocenters. The number of amides is 2. The van der Waals surface area contributed by atoms with Crippen molar-refractivity contribution >= 4 is 33.2 Å². The van der Waals surface area contributed by atoms with Gasteiger partial charge in [0.05, 0.1) is 4.90 Å². The lowest BCUT2D eigenvalue weighted by atomic mass is 10.0. The molecule has 0 spiro atoms. The molecule has 0 aliphatic carbocycles. The Morgan fingerprint density at radius 1 is 0.903 bits per heavy atom. The van der Waals surface area contributed by atoms with Crippen LogP contribution in [0.15, 0.2) is 47.4 Å². The minimum absolute atomic E-state index is 0.0186. The molecule has 0 radical (unpaired) electrons. The smallest absolute Gasteiger partial charge is 0.242 e. The fourth-order valence-corrected chi connectivity index (χ4v) is 4.34. The van der Waals surface area contributed by atoms with Gasteiger partial charge in [0.1, 0.15) is 19.3 Å². The first-order valence-electron chi connectivity index (χ1n) is 9.76. The van der Waals surface area contributed by atoms with Gasteiger partial charge in [0.15, 0.2) is 11.5 Å². The molecule has 2 aromatic carbocycles. The summed E-state index contributed by atoms with van der Waals surface area (Å²) in [6.45, 7) is 5.63. The van der Waals surface area contributed by atoms with Gasteiger partial charge in [-0.15, -0.1) is 0 Å². The van der Waals surface area contributed by atoms with Gasteiger partial charge < -0.3 is 20.1 Å². The molecule has 1 unspecified atom stereocenters. The molecule has 2 amide bonds. The molecule has 10 heteroatoms. The maximum absolute atomic E-state index is 12.9. The second-order valence-electron chi connectivity index (χ2n) is 7.40. The van der Waals surface area contributed by atoms with Crippen LogP contribution in [0.1, 0.15) is 20.8 Å². The van der Waals surface area contributed by atoms with Gasteiger partial charge in [-0.2, -0.15) is 4.72 Å². The fraction of sp³-hybridized carbons (Fsp3) is 0.333. The number of hydrogen-bond donors (Lipinski definition) is 3. The third kappa shape index (κ3) is 5.74. The highest BCUT2D eigenvalue weighted by molar-refractivity contribution is 7.89. The van der Waals surface area contributed by atoms with Crippen LogP contribution in [0.25, 0.3) is 0 Å². The zero-order chi connectivity index (χ0) is 22.6. The number of carbonyl (C=O) groups is 2. The van der Waals surface area contributed by atoms with Gasteiger partial charge in [-0.05, 0) is 42.3 Å². The van der Waals surface area contributed by atoms with Crippen LogP contribution >= 0.6 is 0 Å². The maximum Gasteiger partial charge on any atom is 0.242 e. The number of anilines is 2. The third-order valence-electron chi connectivity index (χ3n) is 4.53. The zero-order valence-corrected chi connectivity index (χ0v) is 18.3. The van der Waals surface area contributed by atoms with E-state index in [1.807, 2.05) is 0 Å². The summed E-state index contributed by atoms with van der Waals surface area (Å²) in [5.41, 5.74) is 1.06. The molecule has 3 N–H and O–H groups in total. The van der Waals surface area contributed by atoms with Gasteiger partial charge in [0, 0.05) is 24.4 Å². The number of ether oxygens (including phenoxy) is 2. The highest BCUT2D eigenvalue weighted by Crippen LogP contribution is 2.32. The molecule has 1 aliphatic rings. The van der Waals surface area contributed by atoms with Crippen LogP contribution < -0.4 is 24.8 Å². The first-order chi connectivity index (χ1) is 14.7. The summed E-state index contributed by atoms with van der Waals surface area (Å²) in [6, 6.07) is 9.84. The summed E-state index contributed by atoms with van der Waals surface area (Å²) in [4.78, 5) is 23.9. The van der Waals surface area contributed by atoms with Gasteiger partial charge in [0.25, 0.3) is 0 Å². The Balaban J connectivity index is 1.74. The molecule has 3 rings (SSSR count). The molecular weight excluding hydrogens is 422 g/mol. The highest BCUT2D eigenvalue weighted by Gasteiger charge is 2.29.